The second-order valence-corrected chi connectivity index (χ2v) is 9.57. The van der Waals surface area contributed by atoms with Crippen LogP contribution in [0.4, 0.5) is 5.69 Å². The first-order valence-electron chi connectivity index (χ1n) is 12.8. The Kier molecular flexibility index (Phi) is 6.99. The van der Waals surface area contributed by atoms with Gasteiger partial charge in [0.1, 0.15) is 5.82 Å². The van der Waals surface area contributed by atoms with Gasteiger partial charge in [-0.1, -0.05) is 78.9 Å². The number of anilines is 1. The summed E-state index contributed by atoms with van der Waals surface area (Å²) in [6, 6.07) is 14.6. The summed E-state index contributed by atoms with van der Waals surface area (Å²) >= 11 is 0. The number of nitrogens with two attached hydrogens (primary N) is 3. The van der Waals surface area contributed by atoms with Gasteiger partial charge < -0.3 is 22.5 Å². The predicted octanol–water partition coefficient (Wildman–Crippen LogP) is 6.05. The van der Waals surface area contributed by atoms with Crippen LogP contribution in [0.25, 0.3) is 28.9 Å². The van der Waals surface area contributed by atoms with Crippen LogP contribution >= 0.6 is 0 Å². The van der Waals surface area contributed by atoms with Crippen LogP contribution in [0.2, 0.25) is 0 Å². The van der Waals surface area contributed by atoms with Crippen LogP contribution in [0.3, 0.4) is 0 Å². The van der Waals surface area contributed by atoms with Crippen molar-refractivity contribution in [3.05, 3.63) is 120 Å². The molecule has 0 spiro atoms. The molecule has 0 aliphatic heterocycles. The maximum absolute atomic E-state index is 6.78. The van der Waals surface area contributed by atoms with Gasteiger partial charge in [0.25, 0.3) is 0 Å². The molecule has 7 N–H and O–H groups in total. The Balaban J connectivity index is 1.58. The average Bonchev–Trinajstić information content (AvgIpc) is 3.24. The van der Waals surface area contributed by atoms with Gasteiger partial charge in [-0.2, -0.15) is 0 Å². The second-order valence-electron chi connectivity index (χ2n) is 9.57. The van der Waals surface area contributed by atoms with E-state index in [0.717, 1.165) is 28.0 Å². The van der Waals surface area contributed by atoms with Gasteiger partial charge in [0, 0.05) is 41.2 Å². The Morgan fingerprint density at radius 2 is 1.76 bits per heavy atom. The molecule has 0 saturated heterocycles. The van der Waals surface area contributed by atoms with E-state index in [2.05, 4.69) is 88.8 Å². The summed E-state index contributed by atoms with van der Waals surface area (Å²) in [5, 5.41) is 4.66. The molecule has 5 heteroatoms. The molecule has 5 nitrogen and oxygen atoms in total. The zero-order valence-corrected chi connectivity index (χ0v) is 21.4. The van der Waals surface area contributed by atoms with E-state index in [-0.39, 0.29) is 23.9 Å². The standard InChI is InChI=1S/C32H35N5/c1-3-9-21-15-17-28(25(19-21)22-11-5-7-13-26(22)33)36-20-31(35)37-29-14-8-6-12-24(29)32-23(10-4-2)27(34)16-18-30(32)37/h3-20,22-23,26-27,36H,33-35H2,1-2H3/b9-3-,10-4-,31-20-. The molecule has 4 unspecified atom stereocenters. The van der Waals surface area contributed by atoms with Gasteiger partial charge in [-0.25, -0.2) is 0 Å². The average molecular weight is 490 g/mol. The highest BCUT2D eigenvalue weighted by molar-refractivity contribution is 5.93. The minimum Gasteiger partial charge on any atom is -0.384 e. The molecule has 188 valence electrons. The van der Waals surface area contributed by atoms with Gasteiger partial charge in [-0.3, -0.25) is 4.57 Å². The molecule has 0 fully saturated rings. The predicted molar refractivity (Wildman–Crippen MR) is 159 cm³/mol. The van der Waals surface area contributed by atoms with Crippen molar-refractivity contribution >= 4 is 34.6 Å². The van der Waals surface area contributed by atoms with Crippen LogP contribution in [0, 0.1) is 0 Å². The molecule has 1 heterocycles. The van der Waals surface area contributed by atoms with Crippen molar-refractivity contribution in [2.24, 2.45) is 17.2 Å². The Bertz CT molecular complexity index is 1480. The molecule has 37 heavy (non-hydrogen) atoms. The first-order chi connectivity index (χ1) is 18.0. The quantitative estimate of drug-likeness (QED) is 0.317. The summed E-state index contributed by atoms with van der Waals surface area (Å²) < 4.78 is 2.11. The van der Waals surface area contributed by atoms with Crippen molar-refractivity contribution in [2.75, 3.05) is 5.32 Å². The smallest absolute Gasteiger partial charge is 0.124 e. The van der Waals surface area contributed by atoms with E-state index in [9.17, 15) is 0 Å². The van der Waals surface area contributed by atoms with E-state index < -0.39 is 0 Å². The largest absolute Gasteiger partial charge is 0.384 e. The van der Waals surface area contributed by atoms with Crippen LogP contribution in [0.5, 0.6) is 0 Å². The molecule has 1 aromatic heterocycles. The summed E-state index contributed by atoms with van der Waals surface area (Å²) in [5.74, 6) is 0.762. The van der Waals surface area contributed by atoms with Gasteiger partial charge in [0.05, 0.1) is 11.2 Å². The monoisotopic (exact) mass is 489 g/mol. The first kappa shape index (κ1) is 24.6. The third-order valence-electron chi connectivity index (χ3n) is 7.18. The normalized spacial score (nSPS) is 23.4. The third kappa shape index (κ3) is 4.59. The number of benzene rings is 2. The highest BCUT2D eigenvalue weighted by Gasteiger charge is 2.28. The van der Waals surface area contributed by atoms with E-state index in [0.29, 0.717) is 5.82 Å². The van der Waals surface area contributed by atoms with Crippen LogP contribution in [0.1, 0.15) is 48.1 Å². The fraction of sp³-hybridized carbons (Fsp3) is 0.188. The molecule has 2 aliphatic carbocycles. The summed E-state index contributed by atoms with van der Waals surface area (Å²) in [6.45, 7) is 4.05. The van der Waals surface area contributed by atoms with E-state index in [4.69, 9.17) is 17.2 Å². The molecule has 0 amide bonds. The molecule has 0 bridgehead atoms. The van der Waals surface area contributed by atoms with Gasteiger partial charge in [0.2, 0.25) is 0 Å². The van der Waals surface area contributed by atoms with Crippen LogP contribution in [0.15, 0.2) is 97.3 Å². The number of nitrogens with one attached hydrogen (secondary N) is 1. The molecule has 3 aromatic rings. The van der Waals surface area contributed by atoms with Crippen LogP contribution in [-0.4, -0.2) is 16.7 Å². The minimum atomic E-state index is -0.0916. The zero-order valence-electron chi connectivity index (χ0n) is 21.4. The van der Waals surface area contributed by atoms with Crippen molar-refractivity contribution in [3.63, 3.8) is 0 Å². The number of hydrogen-bond donors (Lipinski definition) is 4. The summed E-state index contributed by atoms with van der Waals surface area (Å²) in [7, 11) is 0. The number of allylic oxidation sites excluding steroid dienone is 4. The number of hydrogen-bond acceptors (Lipinski definition) is 4. The van der Waals surface area contributed by atoms with Gasteiger partial charge in [0.15, 0.2) is 0 Å². The van der Waals surface area contributed by atoms with Gasteiger partial charge in [-0.15, -0.1) is 0 Å². The Morgan fingerprint density at radius 1 is 0.946 bits per heavy atom. The lowest BCUT2D eigenvalue weighted by Gasteiger charge is -2.24. The fourth-order valence-electron chi connectivity index (χ4n) is 5.46. The van der Waals surface area contributed by atoms with E-state index in [1.165, 1.54) is 10.9 Å². The van der Waals surface area contributed by atoms with E-state index in [1.807, 2.05) is 44.3 Å². The fourth-order valence-corrected chi connectivity index (χ4v) is 5.46. The Morgan fingerprint density at radius 3 is 2.54 bits per heavy atom. The maximum atomic E-state index is 6.78. The Labute approximate surface area is 219 Å². The van der Waals surface area contributed by atoms with E-state index in [1.54, 1.807) is 0 Å². The first-order valence-corrected chi connectivity index (χ1v) is 12.8. The van der Waals surface area contributed by atoms with Gasteiger partial charge >= 0.3 is 0 Å². The van der Waals surface area contributed by atoms with Crippen molar-refractivity contribution in [2.45, 2.75) is 37.8 Å². The summed E-state index contributed by atoms with van der Waals surface area (Å²) in [4.78, 5) is 0. The van der Waals surface area contributed by atoms with Crippen molar-refractivity contribution in [1.82, 2.24) is 4.57 Å². The minimum absolute atomic E-state index is 0.0681. The van der Waals surface area contributed by atoms with Crippen LogP contribution in [-0.2, 0) is 0 Å². The number of fused-ring (bicyclic) bond motifs is 3. The number of aromatic nitrogens is 1. The molecule has 4 atom stereocenters. The molecular formula is C32H35N5. The number of nitrogens with zero attached hydrogens (tertiary/aromatic N) is 1. The SMILES string of the molecule is C/C=C\c1ccc(N/C=C(/N)n2c3c(c4ccccc42)C(/C=C\C)C(N)C=C3)c(C2C=CC=CC2N)c1. The van der Waals surface area contributed by atoms with Crippen molar-refractivity contribution < 1.29 is 0 Å². The van der Waals surface area contributed by atoms with Gasteiger partial charge in [-0.05, 0) is 54.8 Å². The van der Waals surface area contributed by atoms with E-state index >= 15 is 0 Å². The third-order valence-corrected chi connectivity index (χ3v) is 7.18. The molecule has 2 aliphatic rings. The molecular weight excluding hydrogens is 454 g/mol. The molecule has 5 rings (SSSR count). The lowest BCUT2D eigenvalue weighted by molar-refractivity contribution is 0.714. The van der Waals surface area contributed by atoms with Crippen molar-refractivity contribution in [3.8, 4) is 0 Å². The highest BCUT2D eigenvalue weighted by Crippen LogP contribution is 2.39. The lowest BCUT2D eigenvalue weighted by Crippen LogP contribution is -2.28. The molecule has 0 saturated carbocycles. The topological polar surface area (TPSA) is 95.0 Å². The second kappa shape index (κ2) is 10.5. The van der Waals surface area contributed by atoms with Crippen molar-refractivity contribution in [1.29, 1.82) is 0 Å². The molecule has 0 radical (unpaired) electrons. The summed E-state index contributed by atoms with van der Waals surface area (Å²) in [5.41, 5.74) is 26.3. The molecule has 2 aromatic carbocycles. The number of para-hydroxylation sites is 1. The zero-order chi connectivity index (χ0) is 25.9. The summed E-state index contributed by atoms with van der Waals surface area (Å²) in [6.07, 6.45) is 22.7. The number of rotatable bonds is 6. The highest BCUT2D eigenvalue weighted by atomic mass is 15.1. The maximum Gasteiger partial charge on any atom is 0.124 e. The lowest BCUT2D eigenvalue weighted by atomic mass is 9.85. The van der Waals surface area contributed by atoms with Crippen LogP contribution < -0.4 is 22.5 Å². The Hall–Kier alpha value is -4.06.